The van der Waals surface area contributed by atoms with E-state index >= 15 is 0 Å². The zero-order chi connectivity index (χ0) is 14.4. The van der Waals surface area contributed by atoms with E-state index in [0.29, 0.717) is 0 Å². The fraction of sp³-hybridized carbons (Fsp3) is 0.467. The van der Waals surface area contributed by atoms with Crippen LogP contribution in [0, 0.1) is 0 Å². The first-order valence-electron chi connectivity index (χ1n) is 7.05. The molecule has 0 unspecified atom stereocenters. The van der Waals surface area contributed by atoms with E-state index in [4.69, 9.17) is 11.6 Å². The topological polar surface area (TPSA) is 29.0 Å². The standard InChI is InChI=1S/C15H20ClN3S/c1-3-9-19(10-4-2)15-17-14(18-20-15)11-12-5-7-13(16)8-6-12/h5-8H,3-4,9-11H2,1-2H3. The molecule has 1 heterocycles. The maximum absolute atomic E-state index is 5.89. The fourth-order valence-electron chi connectivity index (χ4n) is 2.07. The van der Waals surface area contributed by atoms with Crippen LogP contribution in [0.5, 0.6) is 0 Å². The Balaban J connectivity index is 2.05. The lowest BCUT2D eigenvalue weighted by atomic mass is 10.1. The smallest absolute Gasteiger partial charge is 0.205 e. The van der Waals surface area contributed by atoms with Crippen molar-refractivity contribution in [2.24, 2.45) is 0 Å². The molecule has 0 aliphatic carbocycles. The van der Waals surface area contributed by atoms with Crippen molar-refractivity contribution < 1.29 is 0 Å². The Morgan fingerprint density at radius 1 is 1.10 bits per heavy atom. The van der Waals surface area contributed by atoms with Crippen LogP contribution in [0.15, 0.2) is 24.3 Å². The second kappa shape index (κ2) is 7.60. The Morgan fingerprint density at radius 3 is 2.35 bits per heavy atom. The number of hydrogen-bond acceptors (Lipinski definition) is 4. The number of nitrogens with zero attached hydrogens (tertiary/aromatic N) is 3. The molecular formula is C15H20ClN3S. The molecule has 0 aliphatic rings. The summed E-state index contributed by atoms with van der Waals surface area (Å²) >= 11 is 7.39. The van der Waals surface area contributed by atoms with Crippen LogP contribution < -0.4 is 4.90 Å². The van der Waals surface area contributed by atoms with Crippen molar-refractivity contribution in [3.05, 3.63) is 40.7 Å². The Kier molecular flexibility index (Phi) is 5.80. The van der Waals surface area contributed by atoms with Gasteiger partial charge < -0.3 is 4.90 Å². The monoisotopic (exact) mass is 309 g/mol. The minimum absolute atomic E-state index is 0.762. The number of benzene rings is 1. The average molecular weight is 310 g/mol. The quantitative estimate of drug-likeness (QED) is 0.758. The van der Waals surface area contributed by atoms with Gasteiger partial charge in [-0.1, -0.05) is 37.6 Å². The molecule has 108 valence electrons. The number of anilines is 1. The molecule has 20 heavy (non-hydrogen) atoms. The molecule has 0 bridgehead atoms. The second-order valence-electron chi connectivity index (χ2n) is 4.78. The predicted octanol–water partition coefficient (Wildman–Crippen LogP) is 4.41. The highest BCUT2D eigenvalue weighted by atomic mass is 35.5. The lowest BCUT2D eigenvalue weighted by Crippen LogP contribution is -2.24. The van der Waals surface area contributed by atoms with Gasteiger partial charge in [-0.3, -0.25) is 0 Å². The number of aromatic nitrogens is 2. The highest BCUT2D eigenvalue weighted by Crippen LogP contribution is 2.20. The lowest BCUT2D eigenvalue weighted by Gasteiger charge is -2.19. The summed E-state index contributed by atoms with van der Waals surface area (Å²) in [6.45, 7) is 6.48. The van der Waals surface area contributed by atoms with Gasteiger partial charge >= 0.3 is 0 Å². The van der Waals surface area contributed by atoms with Gasteiger partial charge in [0.15, 0.2) is 0 Å². The van der Waals surface area contributed by atoms with Crippen LogP contribution in [-0.2, 0) is 6.42 Å². The van der Waals surface area contributed by atoms with E-state index in [1.165, 1.54) is 17.1 Å². The van der Waals surface area contributed by atoms with E-state index in [2.05, 4.69) is 28.1 Å². The molecule has 2 rings (SSSR count). The van der Waals surface area contributed by atoms with Crippen LogP contribution in [0.2, 0.25) is 5.02 Å². The van der Waals surface area contributed by atoms with Crippen LogP contribution in [0.25, 0.3) is 0 Å². The summed E-state index contributed by atoms with van der Waals surface area (Å²) in [7, 11) is 0. The van der Waals surface area contributed by atoms with Crippen LogP contribution in [0.3, 0.4) is 0 Å². The van der Waals surface area contributed by atoms with E-state index in [1.807, 2.05) is 24.3 Å². The summed E-state index contributed by atoms with van der Waals surface area (Å²) in [5, 5.41) is 1.80. The Labute approximate surface area is 129 Å². The van der Waals surface area contributed by atoms with Gasteiger partial charge in [0, 0.05) is 36.1 Å². The lowest BCUT2D eigenvalue weighted by molar-refractivity contribution is 0.740. The van der Waals surface area contributed by atoms with E-state index in [1.54, 1.807) is 0 Å². The van der Waals surface area contributed by atoms with Crippen LogP contribution in [0.1, 0.15) is 38.1 Å². The summed E-state index contributed by atoms with van der Waals surface area (Å²) in [5.74, 6) is 0.893. The molecule has 5 heteroatoms. The summed E-state index contributed by atoms with van der Waals surface area (Å²) in [4.78, 5) is 6.99. The summed E-state index contributed by atoms with van der Waals surface area (Å²) in [6.07, 6.45) is 3.03. The minimum atomic E-state index is 0.762. The molecule has 0 aliphatic heterocycles. The molecule has 0 spiro atoms. The highest BCUT2D eigenvalue weighted by molar-refractivity contribution is 7.09. The van der Waals surface area contributed by atoms with Crippen LogP contribution in [0.4, 0.5) is 5.13 Å². The van der Waals surface area contributed by atoms with Crippen molar-refractivity contribution in [2.75, 3.05) is 18.0 Å². The third-order valence-electron chi connectivity index (χ3n) is 2.99. The third-order valence-corrected chi connectivity index (χ3v) is 4.06. The zero-order valence-corrected chi connectivity index (χ0v) is 13.5. The Bertz CT molecular complexity index is 518. The molecule has 0 atom stereocenters. The van der Waals surface area contributed by atoms with Crippen molar-refractivity contribution in [2.45, 2.75) is 33.1 Å². The van der Waals surface area contributed by atoms with Crippen LogP contribution in [-0.4, -0.2) is 22.4 Å². The average Bonchev–Trinajstić information content (AvgIpc) is 2.90. The van der Waals surface area contributed by atoms with Gasteiger partial charge in [0.1, 0.15) is 5.82 Å². The van der Waals surface area contributed by atoms with Crippen molar-refractivity contribution in [3.63, 3.8) is 0 Å². The summed E-state index contributed by atoms with van der Waals surface area (Å²) < 4.78 is 4.48. The number of rotatable bonds is 7. The largest absolute Gasteiger partial charge is 0.347 e. The van der Waals surface area contributed by atoms with Gasteiger partial charge in [0.05, 0.1) is 0 Å². The zero-order valence-electron chi connectivity index (χ0n) is 12.0. The number of halogens is 1. The van der Waals surface area contributed by atoms with Gasteiger partial charge in [-0.05, 0) is 30.5 Å². The molecule has 0 saturated carbocycles. The van der Waals surface area contributed by atoms with Gasteiger partial charge in [-0.2, -0.15) is 4.37 Å². The molecule has 0 saturated heterocycles. The molecule has 2 aromatic rings. The van der Waals surface area contributed by atoms with Gasteiger partial charge in [-0.25, -0.2) is 4.98 Å². The normalized spacial score (nSPS) is 10.8. The first-order chi connectivity index (χ1) is 9.72. The van der Waals surface area contributed by atoms with E-state index < -0.39 is 0 Å². The first-order valence-corrected chi connectivity index (χ1v) is 8.20. The van der Waals surface area contributed by atoms with Crippen molar-refractivity contribution in [1.82, 2.24) is 9.36 Å². The Hall–Kier alpha value is -1.13. The van der Waals surface area contributed by atoms with Gasteiger partial charge in [0.2, 0.25) is 5.13 Å². The SMILES string of the molecule is CCCN(CCC)c1nc(Cc2ccc(Cl)cc2)ns1. The van der Waals surface area contributed by atoms with Crippen molar-refractivity contribution >= 4 is 28.3 Å². The second-order valence-corrected chi connectivity index (χ2v) is 5.95. The summed E-state index contributed by atoms with van der Waals surface area (Å²) in [5.41, 5.74) is 1.19. The van der Waals surface area contributed by atoms with E-state index in [0.717, 1.165) is 48.3 Å². The molecule has 1 aromatic carbocycles. The minimum Gasteiger partial charge on any atom is -0.347 e. The maximum Gasteiger partial charge on any atom is 0.205 e. The van der Waals surface area contributed by atoms with E-state index in [-0.39, 0.29) is 0 Å². The molecule has 0 N–H and O–H groups in total. The summed E-state index contributed by atoms with van der Waals surface area (Å²) in [6, 6.07) is 7.87. The maximum atomic E-state index is 5.89. The van der Waals surface area contributed by atoms with Gasteiger partial charge in [-0.15, -0.1) is 0 Å². The molecule has 1 aromatic heterocycles. The van der Waals surface area contributed by atoms with Crippen LogP contribution >= 0.6 is 23.1 Å². The molecule has 3 nitrogen and oxygen atoms in total. The van der Waals surface area contributed by atoms with Crippen molar-refractivity contribution in [1.29, 1.82) is 0 Å². The first kappa shape index (κ1) is 15.3. The van der Waals surface area contributed by atoms with E-state index in [9.17, 15) is 0 Å². The molecular weight excluding hydrogens is 290 g/mol. The predicted molar refractivity (Wildman–Crippen MR) is 87.0 cm³/mol. The molecule has 0 radical (unpaired) electrons. The van der Waals surface area contributed by atoms with Gasteiger partial charge in [0.25, 0.3) is 0 Å². The third kappa shape index (κ3) is 4.18. The Morgan fingerprint density at radius 2 is 1.75 bits per heavy atom. The fourth-order valence-corrected chi connectivity index (χ4v) is 2.94. The van der Waals surface area contributed by atoms with Crippen molar-refractivity contribution in [3.8, 4) is 0 Å². The molecule has 0 fully saturated rings. The molecule has 0 amide bonds. The number of hydrogen-bond donors (Lipinski definition) is 0. The highest BCUT2D eigenvalue weighted by Gasteiger charge is 2.11.